The molecule has 2 rings (SSSR count). The van der Waals surface area contributed by atoms with Gasteiger partial charge in [0.1, 0.15) is 0 Å². The Bertz CT molecular complexity index is 228. The van der Waals surface area contributed by atoms with E-state index >= 15 is 0 Å². The monoisotopic (exact) mass is 326 g/mol. The van der Waals surface area contributed by atoms with Crippen LogP contribution in [0.1, 0.15) is 12.8 Å². The second-order valence-corrected chi connectivity index (χ2v) is 12.9. The summed E-state index contributed by atoms with van der Waals surface area (Å²) in [6, 6.07) is 0. The van der Waals surface area contributed by atoms with Crippen LogP contribution in [0.4, 0.5) is 0 Å². The molecule has 13 heavy (non-hydrogen) atoms. The molecule has 0 aromatic heterocycles. The molecular formula is C9H16Br2OSi. The highest BCUT2D eigenvalue weighted by molar-refractivity contribution is 9.12. The molecule has 0 N–H and O–H groups in total. The molecule has 0 spiro atoms. The van der Waals surface area contributed by atoms with Crippen LogP contribution in [0.3, 0.4) is 0 Å². The van der Waals surface area contributed by atoms with E-state index in [2.05, 4.69) is 51.5 Å². The summed E-state index contributed by atoms with van der Waals surface area (Å²) >= 11 is 7.44. The molecule has 0 aromatic carbocycles. The normalized spacial score (nSPS) is 50.1. The molecular weight excluding hydrogens is 312 g/mol. The van der Waals surface area contributed by atoms with E-state index < -0.39 is 8.07 Å². The molecule has 1 saturated heterocycles. The van der Waals surface area contributed by atoms with Crippen molar-refractivity contribution in [3.8, 4) is 0 Å². The first-order valence-corrected chi connectivity index (χ1v) is 10.2. The number of epoxide rings is 1. The highest BCUT2D eigenvalue weighted by Gasteiger charge is 2.66. The molecule has 0 radical (unpaired) electrons. The topological polar surface area (TPSA) is 12.5 Å². The molecule has 2 aliphatic rings. The third-order valence-corrected chi connectivity index (χ3v) is 9.28. The summed E-state index contributed by atoms with van der Waals surface area (Å²) in [5.41, 5.74) is 0. The SMILES string of the molecule is C[Si](C)(C)C12CC(Br)C(Br)CC1O2. The Labute approximate surface area is 97.9 Å². The molecule has 1 aliphatic carbocycles. The lowest BCUT2D eigenvalue weighted by atomic mass is 10.00. The Balaban J connectivity index is 2.15. The molecule has 1 heterocycles. The lowest BCUT2D eigenvalue weighted by Crippen LogP contribution is -2.49. The van der Waals surface area contributed by atoms with Gasteiger partial charge in [-0.3, -0.25) is 0 Å². The summed E-state index contributed by atoms with van der Waals surface area (Å²) in [4.78, 5) is 1.20. The van der Waals surface area contributed by atoms with Crippen molar-refractivity contribution in [2.45, 2.75) is 53.5 Å². The Morgan fingerprint density at radius 1 is 1.23 bits per heavy atom. The molecule has 1 saturated carbocycles. The van der Waals surface area contributed by atoms with E-state index in [1.807, 2.05) is 0 Å². The van der Waals surface area contributed by atoms with Gasteiger partial charge in [-0.2, -0.15) is 0 Å². The zero-order valence-corrected chi connectivity index (χ0v) is 12.5. The minimum absolute atomic E-state index is 0.297. The largest absolute Gasteiger partial charge is 0.370 e. The molecule has 76 valence electrons. The van der Waals surface area contributed by atoms with Gasteiger partial charge < -0.3 is 4.74 Å². The van der Waals surface area contributed by atoms with Crippen molar-refractivity contribution in [1.29, 1.82) is 0 Å². The predicted molar refractivity (Wildman–Crippen MR) is 65.6 cm³/mol. The zero-order chi connectivity index (χ0) is 9.85. The van der Waals surface area contributed by atoms with Crippen LogP contribution in [0, 0.1) is 0 Å². The lowest BCUT2D eigenvalue weighted by molar-refractivity contribution is 0.344. The Morgan fingerprint density at radius 2 is 1.85 bits per heavy atom. The van der Waals surface area contributed by atoms with E-state index in [9.17, 15) is 0 Å². The minimum atomic E-state index is -1.15. The van der Waals surface area contributed by atoms with E-state index in [0.29, 0.717) is 21.0 Å². The molecule has 2 fully saturated rings. The van der Waals surface area contributed by atoms with Crippen LogP contribution in [0.2, 0.25) is 19.6 Å². The molecule has 4 heteroatoms. The fourth-order valence-electron chi connectivity index (χ4n) is 2.37. The third kappa shape index (κ3) is 1.58. The van der Waals surface area contributed by atoms with Crippen molar-refractivity contribution in [3.63, 3.8) is 0 Å². The van der Waals surface area contributed by atoms with Crippen LogP contribution in [-0.2, 0) is 4.74 Å². The van der Waals surface area contributed by atoms with Crippen LogP contribution >= 0.6 is 31.9 Å². The fraction of sp³-hybridized carbons (Fsp3) is 1.00. The standard InChI is InChI=1S/C9H16Br2OSi/c1-13(2,3)9-5-7(11)6(10)4-8(9)12-9/h6-8H,4-5H2,1-3H3. The van der Waals surface area contributed by atoms with Gasteiger partial charge in [-0.1, -0.05) is 51.5 Å². The first-order chi connectivity index (χ1) is 5.87. The number of halogens is 2. The maximum Gasteiger partial charge on any atom is 0.0859 e. The van der Waals surface area contributed by atoms with E-state index in [4.69, 9.17) is 4.74 Å². The summed E-state index contributed by atoms with van der Waals surface area (Å²) in [6.07, 6.45) is 2.93. The molecule has 1 aliphatic heterocycles. The Hall–Kier alpha value is 1.14. The fourth-order valence-corrected chi connectivity index (χ4v) is 6.31. The van der Waals surface area contributed by atoms with E-state index in [-0.39, 0.29) is 0 Å². The third-order valence-electron chi connectivity index (χ3n) is 3.41. The average Bonchev–Trinajstić information content (AvgIpc) is 2.62. The second kappa shape index (κ2) is 3.06. The average molecular weight is 328 g/mol. The Morgan fingerprint density at radius 3 is 2.38 bits per heavy atom. The number of ether oxygens (including phenoxy) is 1. The van der Waals surface area contributed by atoms with Crippen molar-refractivity contribution in [2.75, 3.05) is 0 Å². The number of fused-ring (bicyclic) bond motifs is 1. The predicted octanol–water partition coefficient (Wildman–Crippen LogP) is 3.32. The Kier molecular flexibility index (Phi) is 2.51. The summed E-state index contributed by atoms with van der Waals surface area (Å²) in [5, 5.41) is 0.297. The number of hydrogen-bond donors (Lipinski definition) is 0. The van der Waals surface area contributed by atoms with E-state index in [1.165, 1.54) is 12.8 Å². The first-order valence-electron chi connectivity index (χ1n) is 4.83. The molecule has 0 amide bonds. The number of hydrogen-bond acceptors (Lipinski definition) is 1. The molecule has 4 unspecified atom stereocenters. The van der Waals surface area contributed by atoms with Gasteiger partial charge in [-0.25, -0.2) is 0 Å². The van der Waals surface area contributed by atoms with Crippen LogP contribution in [0.5, 0.6) is 0 Å². The number of alkyl halides is 2. The van der Waals surface area contributed by atoms with Crippen molar-refractivity contribution in [1.82, 2.24) is 0 Å². The van der Waals surface area contributed by atoms with Gasteiger partial charge in [0, 0.05) is 9.65 Å². The summed E-state index contributed by atoms with van der Waals surface area (Å²) in [7, 11) is -1.15. The van der Waals surface area contributed by atoms with Crippen LogP contribution < -0.4 is 0 Å². The van der Waals surface area contributed by atoms with Crippen LogP contribution in [0.25, 0.3) is 0 Å². The number of rotatable bonds is 1. The summed E-state index contributed by atoms with van der Waals surface area (Å²) in [5.74, 6) is 0. The lowest BCUT2D eigenvalue weighted by Gasteiger charge is -2.33. The van der Waals surface area contributed by atoms with Crippen molar-refractivity contribution in [2.24, 2.45) is 0 Å². The molecule has 0 bridgehead atoms. The van der Waals surface area contributed by atoms with Crippen molar-refractivity contribution in [3.05, 3.63) is 0 Å². The van der Waals surface area contributed by atoms with Gasteiger partial charge in [0.05, 0.1) is 19.4 Å². The van der Waals surface area contributed by atoms with Gasteiger partial charge in [0.2, 0.25) is 0 Å². The summed E-state index contributed by atoms with van der Waals surface area (Å²) < 4.78 is 5.97. The van der Waals surface area contributed by atoms with Crippen molar-refractivity contribution < 1.29 is 4.74 Å². The van der Waals surface area contributed by atoms with Gasteiger partial charge in [-0.05, 0) is 12.8 Å². The van der Waals surface area contributed by atoms with Crippen LogP contribution in [0.15, 0.2) is 0 Å². The van der Waals surface area contributed by atoms with Gasteiger partial charge in [-0.15, -0.1) is 0 Å². The maximum atomic E-state index is 5.97. The first kappa shape index (κ1) is 10.6. The minimum Gasteiger partial charge on any atom is -0.370 e. The van der Waals surface area contributed by atoms with Crippen molar-refractivity contribution >= 4 is 39.9 Å². The van der Waals surface area contributed by atoms with Gasteiger partial charge >= 0.3 is 0 Å². The highest BCUT2D eigenvalue weighted by atomic mass is 79.9. The maximum absolute atomic E-state index is 5.97. The smallest absolute Gasteiger partial charge is 0.0859 e. The quantitative estimate of drug-likeness (QED) is 0.409. The van der Waals surface area contributed by atoms with E-state index in [0.717, 1.165) is 0 Å². The molecule has 4 atom stereocenters. The molecule has 1 nitrogen and oxygen atoms in total. The highest BCUT2D eigenvalue weighted by Crippen LogP contribution is 2.55. The summed E-state index contributed by atoms with van der Waals surface area (Å²) in [6.45, 7) is 7.25. The zero-order valence-electron chi connectivity index (χ0n) is 8.31. The van der Waals surface area contributed by atoms with Gasteiger partial charge in [0.25, 0.3) is 0 Å². The molecule has 0 aromatic rings. The van der Waals surface area contributed by atoms with Gasteiger partial charge in [0.15, 0.2) is 0 Å². The second-order valence-electron chi connectivity index (χ2n) is 5.22. The van der Waals surface area contributed by atoms with E-state index in [1.54, 1.807) is 0 Å². The van der Waals surface area contributed by atoms with Crippen LogP contribution in [-0.4, -0.2) is 29.1 Å².